The Kier molecular flexibility index (Phi) is 4.91. The summed E-state index contributed by atoms with van der Waals surface area (Å²) in [5.41, 5.74) is 3.32. The Morgan fingerprint density at radius 1 is 1.15 bits per heavy atom. The average Bonchev–Trinajstić information content (AvgIpc) is 2.42. The Hall–Kier alpha value is -1.67. The minimum atomic E-state index is 0.250. The lowest BCUT2D eigenvalue weighted by Gasteiger charge is -2.21. The second-order valence-electron chi connectivity index (χ2n) is 5.04. The number of halogens is 1. The molecule has 1 unspecified atom stereocenters. The van der Waals surface area contributed by atoms with Crippen molar-refractivity contribution in [3.8, 4) is 5.75 Å². The molecule has 0 saturated heterocycles. The van der Waals surface area contributed by atoms with E-state index in [1.54, 1.807) is 12.1 Å². The van der Waals surface area contributed by atoms with E-state index in [1.807, 2.05) is 25.1 Å². The topological polar surface area (TPSA) is 32.3 Å². The Morgan fingerprint density at radius 2 is 1.85 bits per heavy atom. The predicted molar refractivity (Wildman–Crippen MR) is 85.6 cm³/mol. The number of hydrogen-bond donors (Lipinski definition) is 2. The van der Waals surface area contributed by atoms with Crippen LogP contribution in [0.15, 0.2) is 42.5 Å². The number of hydrogen-bond acceptors (Lipinski definition) is 2. The Labute approximate surface area is 125 Å². The first kappa shape index (κ1) is 14.7. The van der Waals surface area contributed by atoms with E-state index in [0.717, 1.165) is 29.1 Å². The summed E-state index contributed by atoms with van der Waals surface area (Å²) in [6.07, 6.45) is 2.14. The van der Waals surface area contributed by atoms with Gasteiger partial charge in [-0.05, 0) is 54.8 Å². The molecule has 2 aromatic carbocycles. The summed E-state index contributed by atoms with van der Waals surface area (Å²) in [4.78, 5) is 0. The number of phenols is 1. The zero-order chi connectivity index (χ0) is 14.5. The third kappa shape index (κ3) is 3.67. The fourth-order valence-corrected chi connectivity index (χ4v) is 2.43. The summed E-state index contributed by atoms with van der Waals surface area (Å²) in [6.45, 7) is 4.17. The number of nitrogens with one attached hydrogen (secondary N) is 1. The minimum Gasteiger partial charge on any atom is -0.508 e. The third-order valence-electron chi connectivity index (χ3n) is 3.39. The van der Waals surface area contributed by atoms with Crippen LogP contribution in [0, 0.1) is 6.92 Å². The van der Waals surface area contributed by atoms with Crippen molar-refractivity contribution < 1.29 is 5.11 Å². The standard InChI is InChI=1S/C17H20ClNO/c1-3-4-17(13-5-7-14(18)8-6-13)19-16-10-9-15(20)11-12(16)2/h5-11,17,19-20H,3-4H2,1-2H3. The van der Waals surface area contributed by atoms with E-state index >= 15 is 0 Å². The highest BCUT2D eigenvalue weighted by Gasteiger charge is 2.11. The van der Waals surface area contributed by atoms with Crippen LogP contribution in [0.2, 0.25) is 5.02 Å². The van der Waals surface area contributed by atoms with Gasteiger partial charge in [0.25, 0.3) is 0 Å². The maximum Gasteiger partial charge on any atom is 0.115 e. The Morgan fingerprint density at radius 3 is 2.45 bits per heavy atom. The van der Waals surface area contributed by atoms with Crippen molar-refractivity contribution in [1.82, 2.24) is 0 Å². The molecule has 0 saturated carbocycles. The molecule has 0 aliphatic carbocycles. The second kappa shape index (κ2) is 6.67. The van der Waals surface area contributed by atoms with Gasteiger partial charge in [0.15, 0.2) is 0 Å². The molecule has 0 fully saturated rings. The smallest absolute Gasteiger partial charge is 0.115 e. The van der Waals surface area contributed by atoms with E-state index in [4.69, 9.17) is 11.6 Å². The van der Waals surface area contributed by atoms with Crippen molar-refractivity contribution in [2.45, 2.75) is 32.7 Å². The summed E-state index contributed by atoms with van der Waals surface area (Å²) in [5, 5.41) is 13.8. The van der Waals surface area contributed by atoms with E-state index < -0.39 is 0 Å². The van der Waals surface area contributed by atoms with Crippen molar-refractivity contribution in [3.63, 3.8) is 0 Å². The largest absolute Gasteiger partial charge is 0.508 e. The van der Waals surface area contributed by atoms with Crippen LogP contribution in [0.3, 0.4) is 0 Å². The molecular formula is C17H20ClNO. The van der Waals surface area contributed by atoms with Crippen LogP contribution in [-0.2, 0) is 0 Å². The number of aromatic hydroxyl groups is 1. The van der Waals surface area contributed by atoms with Crippen molar-refractivity contribution in [1.29, 1.82) is 0 Å². The van der Waals surface area contributed by atoms with E-state index in [1.165, 1.54) is 5.56 Å². The number of anilines is 1. The molecule has 0 bridgehead atoms. The van der Waals surface area contributed by atoms with Crippen LogP contribution < -0.4 is 5.32 Å². The summed E-state index contributed by atoms with van der Waals surface area (Å²) >= 11 is 5.95. The average molecular weight is 290 g/mol. The first-order valence-corrected chi connectivity index (χ1v) is 7.29. The van der Waals surface area contributed by atoms with Gasteiger partial charge < -0.3 is 10.4 Å². The maximum absolute atomic E-state index is 9.48. The van der Waals surface area contributed by atoms with Gasteiger partial charge in [0.2, 0.25) is 0 Å². The highest BCUT2D eigenvalue weighted by atomic mass is 35.5. The lowest BCUT2D eigenvalue weighted by atomic mass is 10.0. The molecule has 3 heteroatoms. The first-order chi connectivity index (χ1) is 9.60. The van der Waals surface area contributed by atoms with Crippen molar-refractivity contribution >= 4 is 17.3 Å². The number of benzene rings is 2. The lowest BCUT2D eigenvalue weighted by molar-refractivity contribution is 0.475. The molecule has 106 valence electrons. The quantitative estimate of drug-likeness (QED) is 0.731. The molecule has 2 rings (SSSR count). The van der Waals surface area contributed by atoms with Gasteiger partial charge in [0.05, 0.1) is 6.04 Å². The fourth-order valence-electron chi connectivity index (χ4n) is 2.30. The molecule has 2 N–H and O–H groups in total. The van der Waals surface area contributed by atoms with Crippen molar-refractivity contribution in [2.75, 3.05) is 5.32 Å². The van der Waals surface area contributed by atoms with Crippen molar-refractivity contribution in [2.24, 2.45) is 0 Å². The van der Waals surface area contributed by atoms with Gasteiger partial charge in [-0.1, -0.05) is 37.1 Å². The molecule has 0 amide bonds. The Bertz CT molecular complexity index is 566. The van der Waals surface area contributed by atoms with Crippen LogP contribution in [-0.4, -0.2) is 5.11 Å². The molecule has 2 nitrogen and oxygen atoms in total. The molecule has 1 atom stereocenters. The lowest BCUT2D eigenvalue weighted by Crippen LogP contribution is -2.11. The first-order valence-electron chi connectivity index (χ1n) is 6.91. The van der Waals surface area contributed by atoms with E-state index in [0.29, 0.717) is 5.75 Å². The molecule has 0 spiro atoms. The van der Waals surface area contributed by atoms with Gasteiger partial charge in [0.1, 0.15) is 5.75 Å². The van der Waals surface area contributed by atoms with Gasteiger partial charge in [-0.25, -0.2) is 0 Å². The van der Waals surface area contributed by atoms with Gasteiger partial charge in [-0.3, -0.25) is 0 Å². The summed E-state index contributed by atoms with van der Waals surface area (Å²) in [6, 6.07) is 13.6. The van der Waals surface area contributed by atoms with Crippen LogP contribution in [0.25, 0.3) is 0 Å². The molecular weight excluding hydrogens is 270 g/mol. The highest BCUT2D eigenvalue weighted by Crippen LogP contribution is 2.28. The molecule has 0 aromatic heterocycles. The number of phenolic OH excluding ortho intramolecular Hbond substituents is 1. The molecule has 20 heavy (non-hydrogen) atoms. The van der Waals surface area contributed by atoms with Crippen LogP contribution >= 0.6 is 11.6 Å². The molecule has 0 aliphatic heterocycles. The SMILES string of the molecule is CCCC(Nc1ccc(O)cc1C)c1ccc(Cl)cc1. The van der Waals surface area contributed by atoms with Crippen molar-refractivity contribution in [3.05, 3.63) is 58.6 Å². The fraction of sp³-hybridized carbons (Fsp3) is 0.294. The third-order valence-corrected chi connectivity index (χ3v) is 3.64. The Balaban J connectivity index is 2.22. The zero-order valence-electron chi connectivity index (χ0n) is 11.9. The van der Waals surface area contributed by atoms with Gasteiger partial charge in [0, 0.05) is 10.7 Å². The van der Waals surface area contributed by atoms with Gasteiger partial charge in [-0.15, -0.1) is 0 Å². The monoisotopic (exact) mass is 289 g/mol. The molecule has 0 radical (unpaired) electrons. The second-order valence-corrected chi connectivity index (χ2v) is 5.47. The number of aryl methyl sites for hydroxylation is 1. The molecule has 0 aliphatic rings. The zero-order valence-corrected chi connectivity index (χ0v) is 12.6. The molecule has 0 heterocycles. The number of rotatable bonds is 5. The maximum atomic E-state index is 9.48. The normalized spacial score (nSPS) is 12.2. The van der Waals surface area contributed by atoms with Crippen LogP contribution in [0.4, 0.5) is 5.69 Å². The van der Waals surface area contributed by atoms with E-state index in [-0.39, 0.29) is 6.04 Å². The van der Waals surface area contributed by atoms with Crippen LogP contribution in [0.1, 0.15) is 36.9 Å². The van der Waals surface area contributed by atoms with E-state index in [9.17, 15) is 5.11 Å². The summed E-state index contributed by atoms with van der Waals surface area (Å²) < 4.78 is 0. The highest BCUT2D eigenvalue weighted by molar-refractivity contribution is 6.30. The van der Waals surface area contributed by atoms with Gasteiger partial charge in [-0.2, -0.15) is 0 Å². The summed E-state index contributed by atoms with van der Waals surface area (Å²) in [7, 11) is 0. The van der Waals surface area contributed by atoms with Gasteiger partial charge >= 0.3 is 0 Å². The minimum absolute atomic E-state index is 0.250. The summed E-state index contributed by atoms with van der Waals surface area (Å²) in [5.74, 6) is 0.298. The molecule has 2 aromatic rings. The predicted octanol–water partition coefficient (Wildman–Crippen LogP) is 5.31. The van der Waals surface area contributed by atoms with Crippen LogP contribution in [0.5, 0.6) is 5.75 Å². The van der Waals surface area contributed by atoms with E-state index in [2.05, 4.69) is 24.4 Å².